The number of alkyl halides is 3. The van der Waals surface area contributed by atoms with Gasteiger partial charge in [0.05, 0.1) is 6.61 Å². The summed E-state index contributed by atoms with van der Waals surface area (Å²) < 4.78 is 36.1. The molecule has 0 bridgehead atoms. The lowest BCUT2D eigenvalue weighted by Gasteiger charge is -1.93. The molecule has 0 unspecified atom stereocenters. The van der Waals surface area contributed by atoms with E-state index in [4.69, 9.17) is 9.90 Å². The lowest BCUT2D eigenvalue weighted by atomic mass is 10.7. The second kappa shape index (κ2) is 6.27. The number of aliphatic carboxylic acids is 1. The van der Waals surface area contributed by atoms with Gasteiger partial charge in [0.1, 0.15) is 0 Å². The van der Waals surface area contributed by atoms with Crippen LogP contribution in [0, 0.1) is 0 Å². The minimum absolute atomic E-state index is 0.211. The Morgan fingerprint density at radius 1 is 1.38 bits per heavy atom. The van der Waals surface area contributed by atoms with E-state index in [-0.39, 0.29) is 5.97 Å². The van der Waals surface area contributed by atoms with Crippen molar-refractivity contribution in [2.75, 3.05) is 6.61 Å². The van der Waals surface area contributed by atoms with Gasteiger partial charge in [-0.05, 0) is 6.92 Å². The van der Waals surface area contributed by atoms with Crippen molar-refractivity contribution < 1.29 is 32.6 Å². The van der Waals surface area contributed by atoms with Crippen LogP contribution in [-0.2, 0) is 14.3 Å². The first-order chi connectivity index (χ1) is 5.71. The molecule has 0 fully saturated rings. The lowest BCUT2D eigenvalue weighted by molar-refractivity contribution is -0.192. The van der Waals surface area contributed by atoms with E-state index < -0.39 is 12.1 Å². The van der Waals surface area contributed by atoms with E-state index in [1.807, 2.05) is 0 Å². The molecule has 0 aliphatic carbocycles. The summed E-state index contributed by atoms with van der Waals surface area (Å²) in [5.74, 6) is -2.97. The van der Waals surface area contributed by atoms with Crippen molar-refractivity contribution in [3.05, 3.63) is 0 Å². The topological polar surface area (TPSA) is 63.6 Å². The zero-order valence-electron chi connectivity index (χ0n) is 7.01. The molecule has 0 spiro atoms. The maximum atomic E-state index is 10.6. The van der Waals surface area contributed by atoms with Crippen molar-refractivity contribution in [2.24, 2.45) is 0 Å². The number of halogens is 3. The first-order valence-electron chi connectivity index (χ1n) is 3.15. The van der Waals surface area contributed by atoms with Crippen LogP contribution in [-0.4, -0.2) is 29.8 Å². The van der Waals surface area contributed by atoms with Gasteiger partial charge in [-0.2, -0.15) is 13.2 Å². The molecule has 0 radical (unpaired) electrons. The summed E-state index contributed by atoms with van der Waals surface area (Å²) in [4.78, 5) is 18.7. The molecule has 0 aromatic heterocycles. The standard InChI is InChI=1S/C4H8O2.C2HF3O2/c1-3-6-4(2)5;3-2(4,5)1(6)7/h3H2,1-2H3;(H,6,7). The molecule has 0 heterocycles. The van der Waals surface area contributed by atoms with Crippen molar-refractivity contribution in [3.63, 3.8) is 0 Å². The molecule has 0 saturated carbocycles. The average Bonchev–Trinajstić information content (AvgIpc) is 1.85. The highest BCUT2D eigenvalue weighted by Gasteiger charge is 2.38. The predicted molar refractivity (Wildman–Crippen MR) is 36.0 cm³/mol. The number of carboxylic acid groups (broad SMARTS) is 1. The van der Waals surface area contributed by atoms with Crippen LogP contribution in [0.2, 0.25) is 0 Å². The zero-order chi connectivity index (χ0) is 11.1. The molecule has 0 saturated heterocycles. The van der Waals surface area contributed by atoms with Gasteiger partial charge in [-0.15, -0.1) is 0 Å². The van der Waals surface area contributed by atoms with Gasteiger partial charge in [-0.1, -0.05) is 0 Å². The summed E-state index contributed by atoms with van der Waals surface area (Å²) in [6.45, 7) is 3.65. The number of rotatable bonds is 1. The van der Waals surface area contributed by atoms with Crippen LogP contribution in [0.5, 0.6) is 0 Å². The van der Waals surface area contributed by atoms with Crippen molar-refractivity contribution in [3.8, 4) is 0 Å². The molecule has 0 rings (SSSR count). The first kappa shape index (κ1) is 14.3. The summed E-state index contributed by atoms with van der Waals surface area (Å²) in [5.41, 5.74) is 0. The minimum Gasteiger partial charge on any atom is -0.475 e. The Balaban J connectivity index is 0. The fourth-order valence-corrected chi connectivity index (χ4v) is 0.203. The minimum atomic E-state index is -5.08. The second-order valence-electron chi connectivity index (χ2n) is 1.73. The Bertz CT molecular complexity index is 175. The van der Waals surface area contributed by atoms with E-state index in [1.165, 1.54) is 6.92 Å². The summed E-state index contributed by atoms with van der Waals surface area (Å²) >= 11 is 0. The number of esters is 1. The van der Waals surface area contributed by atoms with Crippen LogP contribution < -0.4 is 0 Å². The van der Waals surface area contributed by atoms with E-state index in [0.717, 1.165) is 0 Å². The SMILES string of the molecule is CCOC(C)=O.O=C(O)C(F)(F)F. The fourth-order valence-electron chi connectivity index (χ4n) is 0.203. The van der Waals surface area contributed by atoms with Crippen LogP contribution in [0.4, 0.5) is 13.2 Å². The van der Waals surface area contributed by atoms with Gasteiger partial charge in [0, 0.05) is 6.92 Å². The monoisotopic (exact) mass is 202 g/mol. The van der Waals surface area contributed by atoms with Gasteiger partial charge >= 0.3 is 18.1 Å². The number of carbonyl (C=O) groups is 2. The van der Waals surface area contributed by atoms with Crippen LogP contribution in [0.15, 0.2) is 0 Å². The molecule has 0 amide bonds. The third kappa shape index (κ3) is 13.7. The molecule has 0 aromatic rings. The quantitative estimate of drug-likeness (QED) is 0.649. The third-order valence-electron chi connectivity index (χ3n) is 0.590. The molecular formula is C6H9F3O4. The molecule has 0 aromatic carbocycles. The smallest absolute Gasteiger partial charge is 0.475 e. The number of hydrogen-bond donors (Lipinski definition) is 1. The third-order valence-corrected chi connectivity index (χ3v) is 0.590. The van der Waals surface area contributed by atoms with Crippen molar-refractivity contribution >= 4 is 11.9 Å². The van der Waals surface area contributed by atoms with Gasteiger partial charge in [-0.25, -0.2) is 4.79 Å². The van der Waals surface area contributed by atoms with E-state index in [2.05, 4.69) is 4.74 Å². The Labute approximate surface area is 72.3 Å². The van der Waals surface area contributed by atoms with Gasteiger partial charge < -0.3 is 9.84 Å². The number of hydrogen-bond acceptors (Lipinski definition) is 3. The predicted octanol–water partition coefficient (Wildman–Crippen LogP) is 1.20. The van der Waals surface area contributed by atoms with Gasteiger partial charge in [0.25, 0.3) is 0 Å². The second-order valence-corrected chi connectivity index (χ2v) is 1.73. The van der Waals surface area contributed by atoms with E-state index in [9.17, 15) is 18.0 Å². The highest BCUT2D eigenvalue weighted by molar-refractivity contribution is 5.73. The Kier molecular flexibility index (Phi) is 6.88. The molecule has 0 aliphatic rings. The summed E-state index contributed by atoms with van der Waals surface area (Å²) in [6, 6.07) is 0. The fraction of sp³-hybridized carbons (Fsp3) is 0.667. The molecule has 13 heavy (non-hydrogen) atoms. The number of ether oxygens (including phenoxy) is 1. The zero-order valence-corrected chi connectivity index (χ0v) is 7.01. The Hall–Kier alpha value is -1.27. The van der Waals surface area contributed by atoms with Gasteiger partial charge in [0.15, 0.2) is 0 Å². The highest BCUT2D eigenvalue weighted by atomic mass is 19.4. The van der Waals surface area contributed by atoms with Crippen molar-refractivity contribution in [2.45, 2.75) is 20.0 Å². The van der Waals surface area contributed by atoms with Crippen LogP contribution in [0.1, 0.15) is 13.8 Å². The Morgan fingerprint density at radius 3 is 1.69 bits per heavy atom. The van der Waals surface area contributed by atoms with Gasteiger partial charge in [0.2, 0.25) is 0 Å². The normalized spacial score (nSPS) is 9.62. The average molecular weight is 202 g/mol. The number of carboxylic acids is 1. The maximum Gasteiger partial charge on any atom is 0.490 e. The highest BCUT2D eigenvalue weighted by Crippen LogP contribution is 2.13. The molecule has 7 heteroatoms. The van der Waals surface area contributed by atoms with E-state index in [0.29, 0.717) is 6.61 Å². The summed E-state index contributed by atoms with van der Waals surface area (Å²) in [5, 5.41) is 7.12. The molecule has 1 N–H and O–H groups in total. The molecule has 78 valence electrons. The first-order valence-corrected chi connectivity index (χ1v) is 3.15. The van der Waals surface area contributed by atoms with Crippen molar-refractivity contribution in [1.29, 1.82) is 0 Å². The molecule has 0 aliphatic heterocycles. The largest absolute Gasteiger partial charge is 0.490 e. The lowest BCUT2D eigenvalue weighted by Crippen LogP contribution is -2.21. The van der Waals surface area contributed by atoms with Crippen LogP contribution >= 0.6 is 0 Å². The Morgan fingerprint density at radius 2 is 1.69 bits per heavy atom. The summed E-state index contributed by atoms with van der Waals surface area (Å²) in [6.07, 6.45) is -5.08. The van der Waals surface area contributed by atoms with E-state index >= 15 is 0 Å². The maximum absolute atomic E-state index is 10.6. The molecule has 0 atom stereocenters. The number of carbonyl (C=O) groups excluding carboxylic acids is 1. The summed E-state index contributed by atoms with van der Waals surface area (Å²) in [7, 11) is 0. The van der Waals surface area contributed by atoms with Crippen molar-refractivity contribution in [1.82, 2.24) is 0 Å². The van der Waals surface area contributed by atoms with Crippen LogP contribution in [0.3, 0.4) is 0 Å². The molecule has 4 nitrogen and oxygen atoms in total. The van der Waals surface area contributed by atoms with Crippen LogP contribution in [0.25, 0.3) is 0 Å². The van der Waals surface area contributed by atoms with E-state index in [1.54, 1.807) is 6.92 Å². The van der Waals surface area contributed by atoms with Gasteiger partial charge in [-0.3, -0.25) is 4.79 Å². The molecular weight excluding hydrogens is 193 g/mol.